The van der Waals surface area contributed by atoms with Gasteiger partial charge in [-0.15, -0.1) is 11.6 Å². The summed E-state index contributed by atoms with van der Waals surface area (Å²) in [6.45, 7) is 0.121. The minimum atomic E-state index is -3.22. The monoisotopic (exact) mass is 242 g/mol. The van der Waals surface area contributed by atoms with Gasteiger partial charge in [-0.05, 0) is 0 Å². The van der Waals surface area contributed by atoms with Crippen molar-refractivity contribution >= 4 is 27.5 Å². The number of alkyl halides is 1. The van der Waals surface area contributed by atoms with Crippen molar-refractivity contribution in [3.05, 3.63) is 0 Å². The molecule has 1 amide bonds. The highest BCUT2D eigenvalue weighted by atomic mass is 35.5. The Kier molecular flexibility index (Phi) is 6.06. The van der Waals surface area contributed by atoms with E-state index < -0.39 is 10.0 Å². The summed E-state index contributed by atoms with van der Waals surface area (Å²) < 4.78 is 23.6. The van der Waals surface area contributed by atoms with Gasteiger partial charge in [0, 0.05) is 32.9 Å². The van der Waals surface area contributed by atoms with E-state index in [-0.39, 0.29) is 30.5 Å². The molecule has 0 spiro atoms. The molecule has 0 radical (unpaired) electrons. The smallest absolute Gasteiger partial charge is 0.221 e. The first-order chi connectivity index (χ1) is 6.40. The lowest BCUT2D eigenvalue weighted by Crippen LogP contribution is -2.33. The molecule has 0 saturated carbocycles. The number of carbonyl (C=O) groups excluding carboxylic acids is 1. The molecule has 0 aliphatic carbocycles. The lowest BCUT2D eigenvalue weighted by atomic mass is 10.4. The van der Waals surface area contributed by atoms with Crippen LogP contribution in [0.15, 0.2) is 0 Å². The maximum atomic E-state index is 11.2. The molecule has 0 aliphatic heterocycles. The quantitative estimate of drug-likeness (QED) is 0.646. The van der Waals surface area contributed by atoms with Gasteiger partial charge >= 0.3 is 0 Å². The standard InChI is InChI=1S/C7H15ClN2O3S/c1-10(2)14(12,13)6-5-9-7(11)3-4-8/h3-6H2,1-2H3,(H,9,11). The number of nitrogens with zero attached hydrogens (tertiary/aromatic N) is 1. The molecule has 0 heterocycles. The number of sulfonamides is 1. The molecule has 5 nitrogen and oxygen atoms in total. The van der Waals surface area contributed by atoms with Gasteiger partial charge in [-0.1, -0.05) is 0 Å². The average Bonchev–Trinajstić information content (AvgIpc) is 2.04. The van der Waals surface area contributed by atoms with Gasteiger partial charge in [0.2, 0.25) is 15.9 Å². The van der Waals surface area contributed by atoms with Crippen LogP contribution in [-0.4, -0.2) is 50.9 Å². The van der Waals surface area contributed by atoms with E-state index in [4.69, 9.17) is 11.6 Å². The molecule has 7 heteroatoms. The Hall–Kier alpha value is -0.330. The van der Waals surface area contributed by atoms with E-state index in [9.17, 15) is 13.2 Å². The molecule has 0 fully saturated rings. The fourth-order valence-electron chi connectivity index (χ4n) is 0.676. The minimum absolute atomic E-state index is 0.0893. The van der Waals surface area contributed by atoms with Gasteiger partial charge in [0.25, 0.3) is 0 Å². The summed E-state index contributed by atoms with van der Waals surface area (Å²) in [5, 5.41) is 2.47. The Labute approximate surface area is 89.5 Å². The van der Waals surface area contributed by atoms with Crippen LogP contribution in [0.25, 0.3) is 0 Å². The van der Waals surface area contributed by atoms with Crippen LogP contribution in [0.5, 0.6) is 0 Å². The first-order valence-corrected chi connectivity index (χ1v) is 6.27. The number of hydrogen-bond donors (Lipinski definition) is 1. The van der Waals surface area contributed by atoms with Crippen LogP contribution in [0.4, 0.5) is 0 Å². The molecular weight excluding hydrogens is 228 g/mol. The summed E-state index contributed by atoms with van der Waals surface area (Å²) in [5.74, 6) is -0.0748. The van der Waals surface area contributed by atoms with E-state index in [0.717, 1.165) is 4.31 Å². The van der Waals surface area contributed by atoms with Gasteiger partial charge < -0.3 is 5.32 Å². The van der Waals surface area contributed by atoms with E-state index in [2.05, 4.69) is 5.32 Å². The van der Waals surface area contributed by atoms with Crippen molar-refractivity contribution in [2.45, 2.75) is 6.42 Å². The molecule has 14 heavy (non-hydrogen) atoms. The second-order valence-electron chi connectivity index (χ2n) is 2.89. The summed E-state index contributed by atoms with van der Waals surface area (Å²) in [6, 6.07) is 0. The predicted octanol–water partition coefficient (Wildman–Crippen LogP) is -0.377. The van der Waals surface area contributed by atoms with Crippen molar-refractivity contribution in [1.82, 2.24) is 9.62 Å². The van der Waals surface area contributed by atoms with E-state index in [1.165, 1.54) is 14.1 Å². The highest BCUT2D eigenvalue weighted by molar-refractivity contribution is 7.89. The second kappa shape index (κ2) is 6.21. The molecule has 0 bridgehead atoms. The third-order valence-corrected chi connectivity index (χ3v) is 3.58. The van der Waals surface area contributed by atoms with Crippen molar-refractivity contribution in [2.24, 2.45) is 0 Å². The van der Waals surface area contributed by atoms with Crippen LogP contribution in [-0.2, 0) is 14.8 Å². The maximum absolute atomic E-state index is 11.2. The summed E-state index contributed by atoms with van der Waals surface area (Å²) in [7, 11) is -0.315. The van der Waals surface area contributed by atoms with Crippen LogP contribution < -0.4 is 5.32 Å². The van der Waals surface area contributed by atoms with Crippen LogP contribution >= 0.6 is 11.6 Å². The van der Waals surface area contributed by atoms with Crippen molar-refractivity contribution in [2.75, 3.05) is 32.3 Å². The summed E-state index contributed by atoms with van der Waals surface area (Å²) in [5.41, 5.74) is 0. The van der Waals surface area contributed by atoms with Gasteiger partial charge in [-0.2, -0.15) is 0 Å². The topological polar surface area (TPSA) is 66.5 Å². The third kappa shape index (κ3) is 5.41. The van der Waals surface area contributed by atoms with Gasteiger partial charge in [0.05, 0.1) is 5.75 Å². The van der Waals surface area contributed by atoms with Gasteiger partial charge in [-0.3, -0.25) is 4.79 Å². The number of carbonyl (C=O) groups is 1. The number of amides is 1. The summed E-state index contributed by atoms with van der Waals surface area (Å²) in [4.78, 5) is 10.9. The first kappa shape index (κ1) is 13.7. The molecule has 0 atom stereocenters. The fourth-order valence-corrected chi connectivity index (χ4v) is 1.57. The Balaban J connectivity index is 3.80. The highest BCUT2D eigenvalue weighted by Gasteiger charge is 2.13. The summed E-state index contributed by atoms with van der Waals surface area (Å²) in [6.07, 6.45) is 0.212. The van der Waals surface area contributed by atoms with Gasteiger partial charge in [0.15, 0.2) is 0 Å². The first-order valence-electron chi connectivity index (χ1n) is 4.13. The van der Waals surface area contributed by atoms with E-state index >= 15 is 0 Å². The van der Waals surface area contributed by atoms with Crippen LogP contribution in [0, 0.1) is 0 Å². The molecule has 0 saturated heterocycles. The molecule has 1 N–H and O–H groups in total. The number of halogens is 1. The third-order valence-electron chi connectivity index (χ3n) is 1.56. The van der Waals surface area contributed by atoms with E-state index in [0.29, 0.717) is 0 Å². The van der Waals surface area contributed by atoms with Crippen molar-refractivity contribution < 1.29 is 13.2 Å². The van der Waals surface area contributed by atoms with Crippen molar-refractivity contribution in [3.8, 4) is 0 Å². The largest absolute Gasteiger partial charge is 0.355 e. The Bertz CT molecular complexity index is 277. The predicted molar refractivity (Wildman–Crippen MR) is 55.8 cm³/mol. The normalized spacial score (nSPS) is 11.7. The lowest BCUT2D eigenvalue weighted by molar-refractivity contribution is -0.120. The van der Waals surface area contributed by atoms with Crippen LogP contribution in [0.2, 0.25) is 0 Å². The molecule has 0 aliphatic rings. The zero-order valence-electron chi connectivity index (χ0n) is 8.29. The number of nitrogens with one attached hydrogen (secondary N) is 1. The molecule has 0 aromatic rings. The van der Waals surface area contributed by atoms with Crippen molar-refractivity contribution in [1.29, 1.82) is 0 Å². The Morgan fingerprint density at radius 3 is 2.43 bits per heavy atom. The minimum Gasteiger partial charge on any atom is -0.355 e. The number of hydrogen-bond acceptors (Lipinski definition) is 3. The van der Waals surface area contributed by atoms with E-state index in [1.807, 2.05) is 0 Å². The Morgan fingerprint density at radius 2 is 2.00 bits per heavy atom. The maximum Gasteiger partial charge on any atom is 0.221 e. The van der Waals surface area contributed by atoms with Crippen molar-refractivity contribution in [3.63, 3.8) is 0 Å². The lowest BCUT2D eigenvalue weighted by Gasteiger charge is -2.11. The molecule has 0 aromatic carbocycles. The van der Waals surface area contributed by atoms with Crippen LogP contribution in [0.1, 0.15) is 6.42 Å². The molecular formula is C7H15ClN2O3S. The SMILES string of the molecule is CN(C)S(=O)(=O)CCNC(=O)CCCl. The highest BCUT2D eigenvalue weighted by Crippen LogP contribution is 1.92. The van der Waals surface area contributed by atoms with E-state index in [1.54, 1.807) is 0 Å². The second-order valence-corrected chi connectivity index (χ2v) is 5.57. The van der Waals surface area contributed by atoms with Gasteiger partial charge in [-0.25, -0.2) is 12.7 Å². The molecule has 0 aromatic heterocycles. The molecule has 84 valence electrons. The Morgan fingerprint density at radius 1 is 1.43 bits per heavy atom. The summed E-state index contributed by atoms with van der Waals surface area (Å²) >= 11 is 5.33. The zero-order chi connectivity index (χ0) is 11.2. The average molecular weight is 243 g/mol. The van der Waals surface area contributed by atoms with Crippen LogP contribution in [0.3, 0.4) is 0 Å². The van der Waals surface area contributed by atoms with Gasteiger partial charge in [0.1, 0.15) is 0 Å². The number of rotatable bonds is 6. The zero-order valence-corrected chi connectivity index (χ0v) is 9.86. The molecule has 0 unspecified atom stereocenters. The fraction of sp³-hybridized carbons (Fsp3) is 0.857. The molecule has 0 rings (SSSR count).